The van der Waals surface area contributed by atoms with Gasteiger partial charge in [-0.15, -0.1) is 0 Å². The first kappa shape index (κ1) is 11.8. The highest BCUT2D eigenvalue weighted by Crippen LogP contribution is 2.24. The minimum absolute atomic E-state index is 0.0127. The van der Waals surface area contributed by atoms with Crippen molar-refractivity contribution >= 4 is 0 Å². The Hall–Kier alpha value is -1.26. The van der Waals surface area contributed by atoms with Crippen molar-refractivity contribution < 1.29 is 19.7 Å². The van der Waals surface area contributed by atoms with E-state index in [4.69, 9.17) is 19.7 Å². The summed E-state index contributed by atoms with van der Waals surface area (Å²) < 4.78 is 10.6. The third kappa shape index (κ3) is 3.77. The molecule has 0 heterocycles. The summed E-state index contributed by atoms with van der Waals surface area (Å²) in [6.45, 7) is 2.43. The summed E-state index contributed by atoms with van der Waals surface area (Å²) >= 11 is 0. The summed E-state index contributed by atoms with van der Waals surface area (Å²) in [6.07, 6.45) is 0. The molecule has 1 aromatic rings. The molecule has 4 nitrogen and oxygen atoms in total. The average Bonchev–Trinajstić information content (AvgIpc) is 2.26. The molecule has 0 aliphatic carbocycles. The van der Waals surface area contributed by atoms with E-state index in [1.54, 1.807) is 6.07 Å². The first-order chi connectivity index (χ1) is 7.27. The zero-order chi connectivity index (χ0) is 11.1. The van der Waals surface area contributed by atoms with Crippen molar-refractivity contribution in [2.75, 3.05) is 26.4 Å². The van der Waals surface area contributed by atoms with E-state index in [2.05, 4.69) is 0 Å². The lowest BCUT2D eigenvalue weighted by Crippen LogP contribution is -2.04. The number of aryl methyl sites for hydroxylation is 1. The molecule has 0 saturated heterocycles. The predicted molar refractivity (Wildman–Crippen MR) is 56.3 cm³/mol. The van der Waals surface area contributed by atoms with E-state index in [-0.39, 0.29) is 26.4 Å². The molecule has 0 aliphatic rings. The van der Waals surface area contributed by atoms with Gasteiger partial charge in [-0.2, -0.15) is 0 Å². The number of hydrogen-bond acceptors (Lipinski definition) is 4. The second-order valence-electron chi connectivity index (χ2n) is 3.07. The molecular formula is C11H16O4. The third-order valence-corrected chi connectivity index (χ3v) is 1.87. The van der Waals surface area contributed by atoms with E-state index in [1.165, 1.54) is 0 Å². The second kappa shape index (κ2) is 6.27. The maximum absolute atomic E-state index is 8.64. The van der Waals surface area contributed by atoms with Crippen molar-refractivity contribution in [1.29, 1.82) is 0 Å². The zero-order valence-corrected chi connectivity index (χ0v) is 8.77. The Kier molecular flexibility index (Phi) is 4.93. The fraction of sp³-hybridized carbons (Fsp3) is 0.455. The lowest BCUT2D eigenvalue weighted by Gasteiger charge is -2.10. The summed E-state index contributed by atoms with van der Waals surface area (Å²) in [6, 6.07) is 5.44. The Morgan fingerprint density at radius 2 is 1.73 bits per heavy atom. The molecule has 84 valence electrons. The van der Waals surface area contributed by atoms with Crippen LogP contribution in [0.3, 0.4) is 0 Å². The predicted octanol–water partition coefficient (Wildman–Crippen LogP) is 0.737. The van der Waals surface area contributed by atoms with Gasteiger partial charge in [0.05, 0.1) is 13.2 Å². The first-order valence-corrected chi connectivity index (χ1v) is 4.86. The topological polar surface area (TPSA) is 58.9 Å². The normalized spacial score (nSPS) is 10.1. The first-order valence-electron chi connectivity index (χ1n) is 4.86. The second-order valence-corrected chi connectivity index (χ2v) is 3.07. The standard InChI is InChI=1S/C11H16O4/c1-9-2-3-10(14-6-4-12)8-11(9)15-7-5-13/h2-3,8,12-13H,4-7H2,1H3. The summed E-state index contributed by atoms with van der Waals surface area (Å²) in [5, 5.41) is 17.2. The van der Waals surface area contributed by atoms with E-state index in [1.807, 2.05) is 19.1 Å². The Balaban J connectivity index is 2.66. The monoisotopic (exact) mass is 212 g/mol. The zero-order valence-electron chi connectivity index (χ0n) is 8.77. The van der Waals surface area contributed by atoms with Gasteiger partial charge < -0.3 is 19.7 Å². The van der Waals surface area contributed by atoms with Gasteiger partial charge in [-0.3, -0.25) is 0 Å². The maximum Gasteiger partial charge on any atom is 0.126 e. The molecule has 0 aromatic heterocycles. The number of hydrogen-bond donors (Lipinski definition) is 2. The molecule has 15 heavy (non-hydrogen) atoms. The molecule has 1 rings (SSSR count). The molecule has 4 heteroatoms. The lowest BCUT2D eigenvalue weighted by atomic mass is 10.2. The highest BCUT2D eigenvalue weighted by atomic mass is 16.5. The SMILES string of the molecule is Cc1ccc(OCCO)cc1OCCO. The Morgan fingerprint density at radius 3 is 2.40 bits per heavy atom. The van der Waals surface area contributed by atoms with E-state index in [0.29, 0.717) is 11.5 Å². The smallest absolute Gasteiger partial charge is 0.126 e. The van der Waals surface area contributed by atoms with Gasteiger partial charge in [0.1, 0.15) is 24.7 Å². The van der Waals surface area contributed by atoms with E-state index in [9.17, 15) is 0 Å². The van der Waals surface area contributed by atoms with E-state index in [0.717, 1.165) is 5.56 Å². The van der Waals surface area contributed by atoms with Crippen molar-refractivity contribution in [2.45, 2.75) is 6.92 Å². The molecule has 0 fully saturated rings. The molecule has 0 radical (unpaired) electrons. The molecule has 0 bridgehead atoms. The Bertz CT molecular complexity index is 299. The maximum atomic E-state index is 8.64. The van der Waals surface area contributed by atoms with Gasteiger partial charge in [0.25, 0.3) is 0 Å². The largest absolute Gasteiger partial charge is 0.491 e. The number of ether oxygens (including phenoxy) is 2. The van der Waals surface area contributed by atoms with Gasteiger partial charge >= 0.3 is 0 Å². The molecule has 0 atom stereocenters. The molecular weight excluding hydrogens is 196 g/mol. The molecule has 0 spiro atoms. The third-order valence-electron chi connectivity index (χ3n) is 1.87. The van der Waals surface area contributed by atoms with Crippen LogP contribution in [0.4, 0.5) is 0 Å². The quantitative estimate of drug-likeness (QED) is 0.730. The molecule has 1 aromatic carbocycles. The van der Waals surface area contributed by atoms with Crippen LogP contribution in [0.15, 0.2) is 18.2 Å². The van der Waals surface area contributed by atoms with Gasteiger partial charge in [-0.05, 0) is 18.6 Å². The van der Waals surface area contributed by atoms with Crippen LogP contribution in [-0.4, -0.2) is 36.6 Å². The minimum atomic E-state index is -0.0132. The average molecular weight is 212 g/mol. The van der Waals surface area contributed by atoms with Crippen LogP contribution in [0, 0.1) is 6.92 Å². The molecule has 0 saturated carbocycles. The van der Waals surface area contributed by atoms with Crippen molar-refractivity contribution in [1.82, 2.24) is 0 Å². The van der Waals surface area contributed by atoms with E-state index < -0.39 is 0 Å². The highest BCUT2D eigenvalue weighted by Gasteiger charge is 2.02. The number of rotatable bonds is 6. The minimum Gasteiger partial charge on any atom is -0.491 e. The summed E-state index contributed by atoms with van der Waals surface area (Å²) in [4.78, 5) is 0. The number of aliphatic hydroxyl groups excluding tert-OH is 2. The number of aliphatic hydroxyl groups is 2. The van der Waals surface area contributed by atoms with Crippen LogP contribution >= 0.6 is 0 Å². The van der Waals surface area contributed by atoms with Crippen molar-refractivity contribution in [3.8, 4) is 11.5 Å². The van der Waals surface area contributed by atoms with Crippen molar-refractivity contribution in [3.63, 3.8) is 0 Å². The fourth-order valence-corrected chi connectivity index (χ4v) is 1.14. The molecule has 0 amide bonds. The molecule has 0 aliphatic heterocycles. The van der Waals surface area contributed by atoms with Gasteiger partial charge in [-0.1, -0.05) is 6.07 Å². The van der Waals surface area contributed by atoms with E-state index >= 15 is 0 Å². The van der Waals surface area contributed by atoms with Gasteiger partial charge in [0, 0.05) is 6.07 Å². The number of benzene rings is 1. The summed E-state index contributed by atoms with van der Waals surface area (Å²) in [5.74, 6) is 1.35. The Labute approximate surface area is 89.1 Å². The van der Waals surface area contributed by atoms with Gasteiger partial charge in [-0.25, -0.2) is 0 Å². The molecule has 2 N–H and O–H groups in total. The van der Waals surface area contributed by atoms with Crippen LogP contribution in [0.5, 0.6) is 11.5 Å². The highest BCUT2D eigenvalue weighted by molar-refractivity contribution is 5.39. The fourth-order valence-electron chi connectivity index (χ4n) is 1.14. The van der Waals surface area contributed by atoms with Crippen LogP contribution in [0.25, 0.3) is 0 Å². The van der Waals surface area contributed by atoms with Crippen LogP contribution in [-0.2, 0) is 0 Å². The molecule has 0 unspecified atom stereocenters. The van der Waals surface area contributed by atoms with Crippen molar-refractivity contribution in [3.05, 3.63) is 23.8 Å². The lowest BCUT2D eigenvalue weighted by molar-refractivity contribution is 0.194. The van der Waals surface area contributed by atoms with Crippen LogP contribution < -0.4 is 9.47 Å². The summed E-state index contributed by atoms with van der Waals surface area (Å²) in [5.41, 5.74) is 0.986. The van der Waals surface area contributed by atoms with Gasteiger partial charge in [0.2, 0.25) is 0 Å². The Morgan fingerprint density at radius 1 is 1.07 bits per heavy atom. The summed E-state index contributed by atoms with van der Waals surface area (Å²) in [7, 11) is 0. The van der Waals surface area contributed by atoms with Crippen molar-refractivity contribution in [2.24, 2.45) is 0 Å². The van der Waals surface area contributed by atoms with Crippen LogP contribution in [0.2, 0.25) is 0 Å². The van der Waals surface area contributed by atoms with Gasteiger partial charge in [0.15, 0.2) is 0 Å². The van der Waals surface area contributed by atoms with Crippen LogP contribution in [0.1, 0.15) is 5.56 Å².